The summed E-state index contributed by atoms with van der Waals surface area (Å²) in [5.41, 5.74) is 2.53. The molecule has 1 fully saturated rings. The number of hydrogen-bond acceptors (Lipinski definition) is 6. The minimum atomic E-state index is -0.454. The third kappa shape index (κ3) is 3.02. The Kier molecular flexibility index (Phi) is 4.10. The molecule has 0 bridgehead atoms. The molecule has 0 amide bonds. The van der Waals surface area contributed by atoms with Gasteiger partial charge in [-0.05, 0) is 24.3 Å². The predicted molar refractivity (Wildman–Crippen MR) is 98.6 cm³/mol. The minimum absolute atomic E-state index is 0.00641. The summed E-state index contributed by atoms with van der Waals surface area (Å²) < 4.78 is 1.53. The number of pyridine rings is 1. The van der Waals surface area contributed by atoms with E-state index in [1.165, 1.54) is 22.6 Å². The van der Waals surface area contributed by atoms with Crippen molar-refractivity contribution < 1.29 is 4.92 Å². The highest BCUT2D eigenvalue weighted by molar-refractivity contribution is 5.64. The molecule has 0 unspecified atom stereocenters. The van der Waals surface area contributed by atoms with E-state index in [4.69, 9.17) is 0 Å². The van der Waals surface area contributed by atoms with Gasteiger partial charge in [0.1, 0.15) is 5.65 Å². The van der Waals surface area contributed by atoms with Gasteiger partial charge >= 0.3 is 0 Å². The van der Waals surface area contributed by atoms with Crippen molar-refractivity contribution in [2.75, 3.05) is 31.1 Å². The van der Waals surface area contributed by atoms with E-state index < -0.39 is 4.92 Å². The maximum Gasteiger partial charge on any atom is 0.269 e. The Labute approximate surface area is 148 Å². The van der Waals surface area contributed by atoms with Crippen molar-refractivity contribution in [3.8, 4) is 11.3 Å². The van der Waals surface area contributed by atoms with Crippen LogP contribution in [0.25, 0.3) is 16.9 Å². The smallest absolute Gasteiger partial charge is 0.269 e. The number of nitrogens with one attached hydrogen (secondary N) is 1. The summed E-state index contributed by atoms with van der Waals surface area (Å²) in [6.07, 6.45) is 1.82. The summed E-state index contributed by atoms with van der Waals surface area (Å²) in [6, 6.07) is 11.3. The van der Waals surface area contributed by atoms with Crippen LogP contribution in [-0.2, 0) is 0 Å². The molecule has 1 aliphatic rings. The molecule has 4 rings (SSSR count). The molecule has 0 radical (unpaired) electrons. The van der Waals surface area contributed by atoms with Gasteiger partial charge in [-0.2, -0.15) is 0 Å². The third-order valence-corrected chi connectivity index (χ3v) is 4.50. The van der Waals surface area contributed by atoms with E-state index in [2.05, 4.69) is 15.2 Å². The molecular weight excluding hydrogens is 334 g/mol. The molecule has 0 aliphatic carbocycles. The lowest BCUT2D eigenvalue weighted by molar-refractivity contribution is -0.384. The van der Waals surface area contributed by atoms with Gasteiger partial charge in [-0.3, -0.25) is 19.3 Å². The molecule has 0 atom stereocenters. The van der Waals surface area contributed by atoms with Crippen LogP contribution in [0.2, 0.25) is 0 Å². The van der Waals surface area contributed by atoms with Gasteiger partial charge in [0.2, 0.25) is 0 Å². The molecule has 0 spiro atoms. The summed E-state index contributed by atoms with van der Waals surface area (Å²) in [4.78, 5) is 29.6. The Balaban J connectivity index is 1.72. The largest absolute Gasteiger partial charge is 0.368 e. The summed E-state index contributed by atoms with van der Waals surface area (Å²) in [5, 5.41) is 14.1. The summed E-state index contributed by atoms with van der Waals surface area (Å²) in [6.45, 7) is 3.64. The average molecular weight is 351 g/mol. The van der Waals surface area contributed by atoms with E-state index in [1.54, 1.807) is 12.1 Å². The zero-order valence-corrected chi connectivity index (χ0v) is 14.0. The molecule has 3 heterocycles. The van der Waals surface area contributed by atoms with Gasteiger partial charge in [0.05, 0.1) is 16.3 Å². The summed E-state index contributed by atoms with van der Waals surface area (Å²) >= 11 is 0. The molecule has 2 aromatic heterocycles. The number of hydrogen-bond donors (Lipinski definition) is 1. The van der Waals surface area contributed by atoms with Gasteiger partial charge in [0.25, 0.3) is 11.2 Å². The normalized spacial score (nSPS) is 14.5. The zero-order chi connectivity index (χ0) is 18.1. The van der Waals surface area contributed by atoms with Crippen LogP contribution in [0.4, 0.5) is 11.4 Å². The maximum absolute atomic E-state index is 12.6. The first-order valence-electron chi connectivity index (χ1n) is 8.36. The van der Waals surface area contributed by atoms with Gasteiger partial charge in [-0.25, -0.2) is 4.98 Å². The molecule has 1 N–H and O–H groups in total. The Bertz CT molecular complexity index is 1020. The van der Waals surface area contributed by atoms with E-state index in [0.717, 1.165) is 31.9 Å². The SMILES string of the molecule is O=c1cc(-c2ccc([N+](=O)[O-])cc2)nc2ccc(N3CCNCC3)cn12. The van der Waals surface area contributed by atoms with Crippen molar-refractivity contribution in [3.63, 3.8) is 0 Å². The number of benzene rings is 1. The second kappa shape index (κ2) is 6.57. The quantitative estimate of drug-likeness (QED) is 0.570. The highest BCUT2D eigenvalue weighted by Gasteiger charge is 2.13. The van der Waals surface area contributed by atoms with E-state index in [-0.39, 0.29) is 11.2 Å². The number of anilines is 1. The number of non-ortho nitro benzene ring substituents is 1. The lowest BCUT2D eigenvalue weighted by atomic mass is 10.1. The highest BCUT2D eigenvalue weighted by Crippen LogP contribution is 2.21. The zero-order valence-electron chi connectivity index (χ0n) is 14.0. The third-order valence-electron chi connectivity index (χ3n) is 4.50. The first-order chi connectivity index (χ1) is 12.6. The molecule has 8 heteroatoms. The standard InChI is InChI=1S/C18H17N5O3/c24-18-11-16(13-1-3-14(4-2-13)23(25)26)20-17-6-5-15(12-22(17)18)21-9-7-19-8-10-21/h1-6,11-12,19H,7-10H2. The van der Waals surface area contributed by atoms with Crippen LogP contribution in [0.15, 0.2) is 53.5 Å². The molecule has 132 valence electrons. The Morgan fingerprint density at radius 2 is 1.81 bits per heavy atom. The van der Waals surface area contributed by atoms with Crippen molar-refractivity contribution in [1.29, 1.82) is 0 Å². The van der Waals surface area contributed by atoms with E-state index in [1.807, 2.05) is 18.3 Å². The fraction of sp³-hybridized carbons (Fsp3) is 0.222. The molecule has 1 saturated heterocycles. The molecule has 3 aromatic rings. The van der Waals surface area contributed by atoms with Crippen molar-refractivity contribution in [3.05, 3.63) is 69.1 Å². The average Bonchev–Trinajstić information content (AvgIpc) is 2.68. The van der Waals surface area contributed by atoms with Crippen LogP contribution in [0.3, 0.4) is 0 Å². The second-order valence-corrected chi connectivity index (χ2v) is 6.14. The van der Waals surface area contributed by atoms with Gasteiger partial charge < -0.3 is 10.2 Å². The van der Waals surface area contributed by atoms with Crippen LogP contribution in [0, 0.1) is 10.1 Å². The highest BCUT2D eigenvalue weighted by atomic mass is 16.6. The van der Waals surface area contributed by atoms with Gasteiger partial charge in [0.15, 0.2) is 0 Å². The Morgan fingerprint density at radius 1 is 1.08 bits per heavy atom. The number of nitro benzene ring substituents is 1. The topological polar surface area (TPSA) is 92.8 Å². The van der Waals surface area contributed by atoms with E-state index in [9.17, 15) is 14.9 Å². The van der Waals surface area contributed by atoms with Gasteiger partial charge in [0, 0.05) is 56.1 Å². The number of aromatic nitrogens is 2. The molecule has 0 saturated carbocycles. The van der Waals surface area contributed by atoms with Crippen molar-refractivity contribution >= 4 is 17.0 Å². The minimum Gasteiger partial charge on any atom is -0.368 e. The van der Waals surface area contributed by atoms with Crippen molar-refractivity contribution in [2.45, 2.75) is 0 Å². The van der Waals surface area contributed by atoms with Crippen LogP contribution in [-0.4, -0.2) is 40.5 Å². The molecule has 26 heavy (non-hydrogen) atoms. The van der Waals surface area contributed by atoms with Crippen LogP contribution in [0.5, 0.6) is 0 Å². The molecular formula is C18H17N5O3. The van der Waals surface area contributed by atoms with Crippen LogP contribution < -0.4 is 15.8 Å². The van der Waals surface area contributed by atoms with Gasteiger partial charge in [-0.1, -0.05) is 0 Å². The monoisotopic (exact) mass is 351 g/mol. The molecule has 1 aliphatic heterocycles. The lowest BCUT2D eigenvalue weighted by Gasteiger charge is -2.29. The summed E-state index contributed by atoms with van der Waals surface area (Å²) in [5.74, 6) is 0. The lowest BCUT2D eigenvalue weighted by Crippen LogP contribution is -2.43. The maximum atomic E-state index is 12.6. The number of fused-ring (bicyclic) bond motifs is 1. The van der Waals surface area contributed by atoms with Crippen LogP contribution in [0.1, 0.15) is 0 Å². The fourth-order valence-corrected chi connectivity index (χ4v) is 3.10. The second-order valence-electron chi connectivity index (χ2n) is 6.14. The first kappa shape index (κ1) is 16.2. The van der Waals surface area contributed by atoms with E-state index in [0.29, 0.717) is 16.9 Å². The Morgan fingerprint density at radius 3 is 2.50 bits per heavy atom. The Hall–Kier alpha value is -3.26. The van der Waals surface area contributed by atoms with Gasteiger partial charge in [-0.15, -0.1) is 0 Å². The number of nitrogens with zero attached hydrogens (tertiary/aromatic N) is 4. The van der Waals surface area contributed by atoms with Crippen molar-refractivity contribution in [1.82, 2.24) is 14.7 Å². The van der Waals surface area contributed by atoms with E-state index >= 15 is 0 Å². The van der Waals surface area contributed by atoms with Crippen molar-refractivity contribution in [2.24, 2.45) is 0 Å². The number of piperazine rings is 1. The van der Waals surface area contributed by atoms with Crippen LogP contribution >= 0.6 is 0 Å². The predicted octanol–water partition coefficient (Wildman–Crippen LogP) is 1.68. The first-order valence-corrected chi connectivity index (χ1v) is 8.36. The molecule has 8 nitrogen and oxygen atoms in total. The number of nitro groups is 1. The summed E-state index contributed by atoms with van der Waals surface area (Å²) in [7, 11) is 0. The number of rotatable bonds is 3. The molecule has 1 aromatic carbocycles. The fourth-order valence-electron chi connectivity index (χ4n) is 3.10.